The molecule has 0 radical (unpaired) electrons. The maximum Gasteiger partial charge on any atom is 0.241 e. The molecule has 124 valence electrons. The minimum absolute atomic E-state index is 0.166. The highest BCUT2D eigenvalue weighted by molar-refractivity contribution is 7.89. The van der Waals surface area contributed by atoms with Gasteiger partial charge >= 0.3 is 0 Å². The summed E-state index contributed by atoms with van der Waals surface area (Å²) in [6.07, 6.45) is 0.904. The zero-order valence-corrected chi connectivity index (χ0v) is 14.4. The van der Waals surface area contributed by atoms with Crippen LogP contribution in [-0.2, 0) is 14.8 Å². The molecule has 1 amide bonds. The summed E-state index contributed by atoms with van der Waals surface area (Å²) in [6, 6.07) is 4.84. The molecule has 0 bridgehead atoms. The number of amides is 1. The van der Waals surface area contributed by atoms with E-state index in [4.69, 9.17) is 5.73 Å². The molecule has 0 fully saturated rings. The van der Waals surface area contributed by atoms with Crippen LogP contribution in [0.25, 0.3) is 0 Å². The molecule has 0 spiro atoms. The Bertz CT molecular complexity index is 634. The van der Waals surface area contributed by atoms with Gasteiger partial charge in [-0.05, 0) is 58.4 Å². The van der Waals surface area contributed by atoms with Crippen molar-refractivity contribution in [2.75, 3.05) is 11.9 Å². The molecule has 0 saturated heterocycles. The van der Waals surface area contributed by atoms with Crippen LogP contribution in [0.15, 0.2) is 23.1 Å². The fraction of sp³-hybridized carbons (Fsp3) is 0.533. The van der Waals surface area contributed by atoms with Crippen LogP contribution in [0.2, 0.25) is 0 Å². The lowest BCUT2D eigenvalue weighted by atomic mass is 10.1. The second-order valence-corrected chi connectivity index (χ2v) is 7.93. The Hall–Kier alpha value is -1.44. The van der Waals surface area contributed by atoms with E-state index in [1.54, 1.807) is 39.8 Å². The number of carbonyl (C=O) groups excluding carboxylic acids is 1. The van der Waals surface area contributed by atoms with Gasteiger partial charge in [-0.1, -0.05) is 6.07 Å². The molecular formula is C15H25N3O3S. The number of carbonyl (C=O) groups is 1. The molecule has 0 aliphatic heterocycles. The van der Waals surface area contributed by atoms with E-state index in [1.807, 2.05) is 0 Å². The lowest BCUT2D eigenvalue weighted by molar-refractivity contribution is -0.116. The average Bonchev–Trinajstić information content (AvgIpc) is 2.35. The second-order valence-electron chi connectivity index (χ2n) is 6.28. The number of sulfonamides is 1. The van der Waals surface area contributed by atoms with Gasteiger partial charge in [-0.25, -0.2) is 13.1 Å². The summed E-state index contributed by atoms with van der Waals surface area (Å²) < 4.78 is 27.5. The van der Waals surface area contributed by atoms with Crippen molar-refractivity contribution in [1.29, 1.82) is 0 Å². The number of hydrogen-bond donors (Lipinski definition) is 3. The van der Waals surface area contributed by atoms with Crippen LogP contribution in [-0.4, -0.2) is 26.4 Å². The number of hydrogen-bond acceptors (Lipinski definition) is 4. The van der Waals surface area contributed by atoms with Crippen molar-refractivity contribution in [3.05, 3.63) is 23.8 Å². The Morgan fingerprint density at radius 2 is 1.91 bits per heavy atom. The molecule has 0 aromatic heterocycles. The molecule has 7 heteroatoms. The molecule has 1 aromatic carbocycles. The van der Waals surface area contributed by atoms with E-state index in [-0.39, 0.29) is 10.8 Å². The zero-order valence-electron chi connectivity index (χ0n) is 13.6. The number of rotatable bonds is 6. The van der Waals surface area contributed by atoms with E-state index in [2.05, 4.69) is 10.0 Å². The van der Waals surface area contributed by atoms with Crippen molar-refractivity contribution in [3.63, 3.8) is 0 Å². The molecule has 6 nitrogen and oxygen atoms in total. The van der Waals surface area contributed by atoms with Crippen LogP contribution in [0, 0.1) is 6.92 Å². The maximum atomic E-state index is 12.4. The van der Waals surface area contributed by atoms with E-state index in [1.165, 1.54) is 6.07 Å². The third-order valence-electron chi connectivity index (χ3n) is 2.81. The van der Waals surface area contributed by atoms with Crippen molar-refractivity contribution < 1.29 is 13.2 Å². The quantitative estimate of drug-likeness (QED) is 0.741. The molecule has 0 saturated carbocycles. The van der Waals surface area contributed by atoms with E-state index in [0.29, 0.717) is 30.6 Å². The summed E-state index contributed by atoms with van der Waals surface area (Å²) in [6.45, 7) is 7.49. The molecule has 0 unspecified atom stereocenters. The van der Waals surface area contributed by atoms with Crippen LogP contribution in [0.4, 0.5) is 5.69 Å². The minimum Gasteiger partial charge on any atom is -0.330 e. The predicted molar refractivity (Wildman–Crippen MR) is 88.2 cm³/mol. The first kappa shape index (κ1) is 18.6. The lowest BCUT2D eigenvalue weighted by Crippen LogP contribution is -2.40. The first-order chi connectivity index (χ1) is 10.0. The summed E-state index contributed by atoms with van der Waals surface area (Å²) in [7, 11) is -3.65. The van der Waals surface area contributed by atoms with Crippen molar-refractivity contribution in [2.24, 2.45) is 5.73 Å². The average molecular weight is 327 g/mol. The summed E-state index contributed by atoms with van der Waals surface area (Å²) in [5, 5.41) is 2.69. The van der Waals surface area contributed by atoms with Gasteiger partial charge in [0.05, 0.1) is 4.90 Å². The predicted octanol–water partition coefficient (Wildman–Crippen LogP) is 1.75. The van der Waals surface area contributed by atoms with Gasteiger partial charge in [-0.15, -0.1) is 0 Å². The molecule has 22 heavy (non-hydrogen) atoms. The Balaban J connectivity index is 3.02. The van der Waals surface area contributed by atoms with E-state index >= 15 is 0 Å². The number of nitrogens with one attached hydrogen (secondary N) is 2. The van der Waals surface area contributed by atoms with Crippen molar-refractivity contribution in [2.45, 2.75) is 51.0 Å². The molecule has 0 aliphatic carbocycles. The van der Waals surface area contributed by atoms with Crippen LogP contribution >= 0.6 is 0 Å². The number of benzene rings is 1. The smallest absolute Gasteiger partial charge is 0.241 e. The van der Waals surface area contributed by atoms with E-state index in [0.717, 1.165) is 0 Å². The van der Waals surface area contributed by atoms with E-state index in [9.17, 15) is 13.2 Å². The zero-order chi connectivity index (χ0) is 17.0. The van der Waals surface area contributed by atoms with Gasteiger partial charge in [0.1, 0.15) is 0 Å². The van der Waals surface area contributed by atoms with Gasteiger partial charge in [-0.3, -0.25) is 4.79 Å². The van der Waals surface area contributed by atoms with Gasteiger partial charge < -0.3 is 11.1 Å². The van der Waals surface area contributed by atoms with Crippen LogP contribution in [0.3, 0.4) is 0 Å². The number of anilines is 1. The molecule has 0 heterocycles. The molecule has 1 aromatic rings. The van der Waals surface area contributed by atoms with Crippen molar-refractivity contribution in [3.8, 4) is 0 Å². The van der Waals surface area contributed by atoms with Gasteiger partial charge in [0, 0.05) is 17.6 Å². The minimum atomic E-state index is -3.65. The Kier molecular flexibility index (Phi) is 6.10. The third kappa shape index (κ3) is 5.75. The second kappa shape index (κ2) is 7.21. The fourth-order valence-electron chi connectivity index (χ4n) is 1.91. The van der Waals surface area contributed by atoms with Crippen LogP contribution in [0.1, 0.15) is 39.2 Å². The first-order valence-electron chi connectivity index (χ1n) is 7.20. The highest BCUT2D eigenvalue weighted by Crippen LogP contribution is 2.21. The van der Waals surface area contributed by atoms with Crippen molar-refractivity contribution in [1.82, 2.24) is 4.72 Å². The molecular weight excluding hydrogens is 302 g/mol. The Morgan fingerprint density at radius 3 is 2.45 bits per heavy atom. The van der Waals surface area contributed by atoms with Gasteiger partial charge in [0.25, 0.3) is 0 Å². The molecule has 4 N–H and O–H groups in total. The summed E-state index contributed by atoms with van der Waals surface area (Å²) in [5.74, 6) is -0.179. The van der Waals surface area contributed by atoms with Gasteiger partial charge in [-0.2, -0.15) is 0 Å². The van der Waals surface area contributed by atoms with Crippen molar-refractivity contribution >= 4 is 21.6 Å². The first-order valence-corrected chi connectivity index (χ1v) is 8.68. The standard InChI is InChI=1S/C15H25N3O3S/c1-11-7-8-12(17-14(19)6-5-9-16)10-13(11)22(20,21)18-15(2,3)4/h7-8,10,18H,5-6,9,16H2,1-4H3,(H,17,19). The van der Waals surface area contributed by atoms with Gasteiger partial charge in [0.2, 0.25) is 15.9 Å². The number of aryl methyl sites for hydroxylation is 1. The Morgan fingerprint density at radius 1 is 1.27 bits per heavy atom. The highest BCUT2D eigenvalue weighted by Gasteiger charge is 2.24. The summed E-state index contributed by atoms with van der Waals surface area (Å²) >= 11 is 0. The normalized spacial score (nSPS) is 12.2. The number of nitrogens with two attached hydrogens (primary N) is 1. The van der Waals surface area contributed by atoms with Crippen LogP contribution in [0.5, 0.6) is 0 Å². The highest BCUT2D eigenvalue weighted by atomic mass is 32.2. The van der Waals surface area contributed by atoms with E-state index < -0.39 is 15.6 Å². The molecule has 0 atom stereocenters. The monoisotopic (exact) mass is 327 g/mol. The molecule has 0 aliphatic rings. The SMILES string of the molecule is Cc1ccc(NC(=O)CCCN)cc1S(=O)(=O)NC(C)(C)C. The summed E-state index contributed by atoms with van der Waals surface area (Å²) in [4.78, 5) is 11.9. The molecule has 1 rings (SSSR count). The largest absolute Gasteiger partial charge is 0.330 e. The fourth-order valence-corrected chi connectivity index (χ4v) is 3.60. The maximum absolute atomic E-state index is 12.4. The lowest BCUT2D eigenvalue weighted by Gasteiger charge is -2.21. The summed E-state index contributed by atoms with van der Waals surface area (Å²) in [5.41, 5.74) is 5.87. The van der Waals surface area contributed by atoms with Crippen LogP contribution < -0.4 is 15.8 Å². The topological polar surface area (TPSA) is 101 Å². The Labute approximate surface area is 132 Å². The van der Waals surface area contributed by atoms with Gasteiger partial charge in [0.15, 0.2) is 0 Å². The third-order valence-corrected chi connectivity index (χ3v) is 4.71.